The SMILES string of the molecule is Cc1c(NC(=O)C2(C)CCCO2)cccc1S(N)(=O)=O. The highest BCUT2D eigenvalue weighted by Gasteiger charge is 2.38. The second-order valence-corrected chi connectivity index (χ2v) is 6.64. The van der Waals surface area contributed by atoms with Gasteiger partial charge in [-0.2, -0.15) is 0 Å². The molecule has 1 amide bonds. The highest BCUT2D eigenvalue weighted by molar-refractivity contribution is 7.89. The zero-order chi connectivity index (χ0) is 15.0. The molecule has 0 bridgehead atoms. The molecule has 1 heterocycles. The summed E-state index contributed by atoms with van der Waals surface area (Å²) in [5.41, 5.74) is -0.00693. The number of nitrogens with one attached hydrogen (secondary N) is 1. The van der Waals surface area contributed by atoms with Crippen LogP contribution in [0.4, 0.5) is 5.69 Å². The van der Waals surface area contributed by atoms with Gasteiger partial charge in [-0.05, 0) is 44.4 Å². The van der Waals surface area contributed by atoms with Gasteiger partial charge in [-0.1, -0.05) is 6.07 Å². The predicted octanol–water partition coefficient (Wildman–Crippen LogP) is 1.15. The molecular formula is C13H18N2O4S. The van der Waals surface area contributed by atoms with Crippen molar-refractivity contribution in [1.29, 1.82) is 0 Å². The molecule has 3 N–H and O–H groups in total. The first-order chi connectivity index (χ1) is 9.24. The van der Waals surface area contributed by atoms with E-state index in [0.717, 1.165) is 6.42 Å². The fourth-order valence-electron chi connectivity index (χ4n) is 2.27. The minimum absolute atomic E-state index is 0.00722. The summed E-state index contributed by atoms with van der Waals surface area (Å²) in [5.74, 6) is -0.273. The number of nitrogens with two attached hydrogens (primary N) is 1. The quantitative estimate of drug-likeness (QED) is 0.874. The normalized spacial score (nSPS) is 22.8. The molecule has 1 aromatic rings. The number of rotatable bonds is 3. The highest BCUT2D eigenvalue weighted by Crippen LogP contribution is 2.28. The Morgan fingerprint density at radius 3 is 2.70 bits per heavy atom. The second kappa shape index (κ2) is 5.16. The van der Waals surface area contributed by atoms with Crippen LogP contribution in [0.15, 0.2) is 23.1 Å². The fourth-order valence-corrected chi connectivity index (χ4v) is 3.08. The van der Waals surface area contributed by atoms with Crippen LogP contribution in [-0.2, 0) is 19.6 Å². The monoisotopic (exact) mass is 298 g/mol. The van der Waals surface area contributed by atoms with Gasteiger partial charge < -0.3 is 10.1 Å². The summed E-state index contributed by atoms with van der Waals surface area (Å²) in [6.07, 6.45) is 1.48. The molecule has 20 heavy (non-hydrogen) atoms. The van der Waals surface area contributed by atoms with E-state index in [2.05, 4.69) is 5.32 Å². The molecule has 0 spiro atoms. The van der Waals surface area contributed by atoms with E-state index < -0.39 is 15.6 Å². The Morgan fingerprint density at radius 1 is 1.45 bits per heavy atom. The molecule has 0 saturated carbocycles. The van der Waals surface area contributed by atoms with Gasteiger partial charge in [-0.3, -0.25) is 4.79 Å². The molecule has 0 aliphatic carbocycles. The molecule has 2 rings (SSSR count). The summed E-state index contributed by atoms with van der Waals surface area (Å²) < 4.78 is 28.4. The van der Waals surface area contributed by atoms with Gasteiger partial charge in [0.05, 0.1) is 4.90 Å². The Kier molecular flexibility index (Phi) is 3.86. The lowest BCUT2D eigenvalue weighted by atomic mass is 10.0. The van der Waals surface area contributed by atoms with Crippen molar-refractivity contribution in [3.8, 4) is 0 Å². The summed E-state index contributed by atoms with van der Waals surface area (Å²) >= 11 is 0. The van der Waals surface area contributed by atoms with Crippen LogP contribution in [0.1, 0.15) is 25.3 Å². The first-order valence-corrected chi connectivity index (χ1v) is 7.86. The highest BCUT2D eigenvalue weighted by atomic mass is 32.2. The van der Waals surface area contributed by atoms with Crippen LogP contribution in [0.25, 0.3) is 0 Å². The number of ether oxygens (including phenoxy) is 1. The van der Waals surface area contributed by atoms with Crippen molar-refractivity contribution in [2.45, 2.75) is 37.2 Å². The Balaban J connectivity index is 2.29. The van der Waals surface area contributed by atoms with Crippen molar-refractivity contribution in [2.75, 3.05) is 11.9 Å². The van der Waals surface area contributed by atoms with Gasteiger partial charge >= 0.3 is 0 Å². The van der Waals surface area contributed by atoms with Crippen LogP contribution in [-0.4, -0.2) is 26.5 Å². The van der Waals surface area contributed by atoms with E-state index in [-0.39, 0.29) is 10.8 Å². The standard InChI is InChI=1S/C13H18N2O4S/c1-9-10(5-3-6-11(9)20(14,17)18)15-12(16)13(2)7-4-8-19-13/h3,5-6H,4,7-8H2,1-2H3,(H,15,16)(H2,14,17,18). The average molecular weight is 298 g/mol. The topological polar surface area (TPSA) is 98.5 Å². The van der Waals surface area contributed by atoms with Gasteiger partial charge in [0, 0.05) is 12.3 Å². The molecule has 1 unspecified atom stereocenters. The zero-order valence-corrected chi connectivity index (χ0v) is 12.3. The maximum absolute atomic E-state index is 12.2. The summed E-state index contributed by atoms with van der Waals surface area (Å²) in [4.78, 5) is 12.2. The largest absolute Gasteiger partial charge is 0.365 e. The van der Waals surface area contributed by atoms with Gasteiger partial charge in [-0.25, -0.2) is 13.6 Å². The first-order valence-electron chi connectivity index (χ1n) is 6.32. The minimum Gasteiger partial charge on any atom is -0.365 e. The van der Waals surface area contributed by atoms with E-state index in [1.54, 1.807) is 26.0 Å². The minimum atomic E-state index is -3.81. The number of anilines is 1. The van der Waals surface area contributed by atoms with E-state index in [1.807, 2.05) is 0 Å². The zero-order valence-electron chi connectivity index (χ0n) is 11.5. The van der Waals surface area contributed by atoms with Crippen molar-refractivity contribution in [3.05, 3.63) is 23.8 Å². The number of amides is 1. The molecule has 0 aromatic heterocycles. The van der Waals surface area contributed by atoms with Crippen molar-refractivity contribution in [2.24, 2.45) is 5.14 Å². The third-order valence-corrected chi connectivity index (χ3v) is 4.59. The van der Waals surface area contributed by atoms with E-state index in [1.165, 1.54) is 6.07 Å². The van der Waals surface area contributed by atoms with Crippen LogP contribution in [0.3, 0.4) is 0 Å². The van der Waals surface area contributed by atoms with Crippen LogP contribution in [0.5, 0.6) is 0 Å². The fraction of sp³-hybridized carbons (Fsp3) is 0.462. The first kappa shape index (κ1) is 15.0. The third kappa shape index (κ3) is 2.84. The summed E-state index contributed by atoms with van der Waals surface area (Å²) in [5, 5.41) is 7.86. The smallest absolute Gasteiger partial charge is 0.256 e. The van der Waals surface area contributed by atoms with Gasteiger partial charge in [0.15, 0.2) is 0 Å². The predicted molar refractivity (Wildman–Crippen MR) is 74.8 cm³/mol. The number of hydrogen-bond acceptors (Lipinski definition) is 4. The maximum Gasteiger partial charge on any atom is 0.256 e. The second-order valence-electron chi connectivity index (χ2n) is 5.11. The van der Waals surface area contributed by atoms with Crippen LogP contribution in [0.2, 0.25) is 0 Å². The molecule has 1 atom stereocenters. The molecule has 110 valence electrons. The van der Waals surface area contributed by atoms with Crippen LogP contribution < -0.4 is 10.5 Å². The lowest BCUT2D eigenvalue weighted by Gasteiger charge is -2.22. The Bertz CT molecular complexity index is 634. The van der Waals surface area contributed by atoms with E-state index in [0.29, 0.717) is 24.3 Å². The molecule has 1 aromatic carbocycles. The summed E-state index contributed by atoms with van der Waals surface area (Å²) in [7, 11) is -3.81. The van der Waals surface area contributed by atoms with Crippen molar-refractivity contribution in [1.82, 2.24) is 0 Å². The van der Waals surface area contributed by atoms with Gasteiger partial charge in [-0.15, -0.1) is 0 Å². The van der Waals surface area contributed by atoms with Gasteiger partial charge in [0.2, 0.25) is 10.0 Å². The molecule has 7 heteroatoms. The number of carbonyl (C=O) groups excluding carboxylic acids is 1. The molecule has 1 fully saturated rings. The number of carbonyl (C=O) groups is 1. The number of hydrogen-bond donors (Lipinski definition) is 2. The Labute approximate surface area is 118 Å². The van der Waals surface area contributed by atoms with E-state index >= 15 is 0 Å². The van der Waals surface area contributed by atoms with Crippen molar-refractivity contribution in [3.63, 3.8) is 0 Å². The summed E-state index contributed by atoms with van der Waals surface area (Å²) in [6, 6.07) is 4.59. The Hall–Kier alpha value is -1.44. The average Bonchev–Trinajstić information content (AvgIpc) is 2.78. The number of primary sulfonamides is 1. The molecule has 0 radical (unpaired) electrons. The number of sulfonamides is 1. The molecule has 1 aliphatic rings. The van der Waals surface area contributed by atoms with Crippen molar-refractivity contribution >= 4 is 21.6 Å². The third-order valence-electron chi connectivity index (χ3n) is 3.54. The molecule has 1 saturated heterocycles. The van der Waals surface area contributed by atoms with Gasteiger partial charge in [0.1, 0.15) is 5.60 Å². The van der Waals surface area contributed by atoms with Crippen LogP contribution >= 0.6 is 0 Å². The molecular weight excluding hydrogens is 280 g/mol. The summed E-state index contributed by atoms with van der Waals surface area (Å²) in [6.45, 7) is 3.89. The Morgan fingerprint density at radius 2 is 2.15 bits per heavy atom. The molecule has 1 aliphatic heterocycles. The lowest BCUT2D eigenvalue weighted by Crippen LogP contribution is -2.39. The van der Waals surface area contributed by atoms with Crippen LogP contribution in [0, 0.1) is 6.92 Å². The molecule has 6 nitrogen and oxygen atoms in total. The maximum atomic E-state index is 12.2. The van der Waals surface area contributed by atoms with Gasteiger partial charge in [0.25, 0.3) is 5.91 Å². The van der Waals surface area contributed by atoms with E-state index in [4.69, 9.17) is 9.88 Å². The van der Waals surface area contributed by atoms with Crippen molar-refractivity contribution < 1.29 is 17.9 Å². The lowest BCUT2D eigenvalue weighted by molar-refractivity contribution is -0.133. The number of benzene rings is 1. The van der Waals surface area contributed by atoms with E-state index in [9.17, 15) is 13.2 Å².